The predicted molar refractivity (Wildman–Crippen MR) is 91.9 cm³/mol. The van der Waals surface area contributed by atoms with Crippen LogP contribution in [0.5, 0.6) is 0 Å². The Bertz CT molecular complexity index is 877. The van der Waals surface area contributed by atoms with E-state index >= 15 is 0 Å². The second-order valence-electron chi connectivity index (χ2n) is 5.36. The lowest BCUT2D eigenvalue weighted by Gasteiger charge is -2.06. The van der Waals surface area contributed by atoms with Gasteiger partial charge in [0.2, 0.25) is 0 Å². The van der Waals surface area contributed by atoms with Crippen LogP contribution in [0.1, 0.15) is 21.6 Å². The number of anilines is 1. The number of aromatic nitrogens is 2. The summed E-state index contributed by atoms with van der Waals surface area (Å²) in [6, 6.07) is 15.4. The number of nitrogens with zero attached hydrogens (tertiary/aromatic N) is 2. The Morgan fingerprint density at radius 1 is 1.21 bits per heavy atom. The molecule has 0 aliphatic heterocycles. The number of aryl methyl sites for hydroxylation is 1. The predicted octanol–water partition coefficient (Wildman–Crippen LogP) is 4.28. The first kappa shape index (κ1) is 16.2. The normalized spacial score (nSPS) is 10.6. The molecule has 2 aromatic carbocycles. The van der Waals surface area contributed by atoms with Crippen molar-refractivity contribution in [3.8, 4) is 0 Å². The van der Waals surface area contributed by atoms with Crippen molar-refractivity contribution >= 4 is 23.2 Å². The van der Waals surface area contributed by atoms with Gasteiger partial charge < -0.3 is 5.32 Å². The van der Waals surface area contributed by atoms with Gasteiger partial charge in [-0.05, 0) is 30.7 Å². The fourth-order valence-corrected chi connectivity index (χ4v) is 2.75. The summed E-state index contributed by atoms with van der Waals surface area (Å²) in [5.41, 5.74) is 2.20. The van der Waals surface area contributed by atoms with Crippen molar-refractivity contribution in [2.45, 2.75) is 13.5 Å². The Morgan fingerprint density at radius 2 is 1.96 bits per heavy atom. The van der Waals surface area contributed by atoms with Gasteiger partial charge in [-0.15, -0.1) is 0 Å². The van der Waals surface area contributed by atoms with Crippen LogP contribution in [0.2, 0.25) is 5.15 Å². The smallest absolute Gasteiger partial charge is 0.260 e. The van der Waals surface area contributed by atoms with Crippen molar-refractivity contribution in [1.29, 1.82) is 0 Å². The maximum absolute atomic E-state index is 13.2. The molecule has 3 rings (SSSR count). The number of hydrogen-bond acceptors (Lipinski definition) is 2. The molecule has 3 aromatic rings. The number of amides is 1. The third-order valence-corrected chi connectivity index (χ3v) is 3.93. The molecule has 4 nitrogen and oxygen atoms in total. The van der Waals surface area contributed by atoms with Crippen molar-refractivity contribution in [2.24, 2.45) is 0 Å². The largest absolute Gasteiger partial charge is 0.322 e. The van der Waals surface area contributed by atoms with Crippen molar-refractivity contribution in [2.75, 3.05) is 5.32 Å². The molecule has 0 aliphatic rings. The Balaban J connectivity index is 1.84. The first-order valence-corrected chi connectivity index (χ1v) is 7.76. The van der Waals surface area contributed by atoms with Crippen LogP contribution in [0.25, 0.3) is 0 Å². The molecular formula is C18H15ClFN3O. The molecule has 6 heteroatoms. The lowest BCUT2D eigenvalue weighted by molar-refractivity contribution is 0.102. The topological polar surface area (TPSA) is 46.9 Å². The summed E-state index contributed by atoms with van der Waals surface area (Å²) < 4.78 is 14.8. The van der Waals surface area contributed by atoms with Crippen LogP contribution in [0.4, 0.5) is 10.1 Å². The standard InChI is InChI=1S/C18H15ClFN3O/c1-12-16(18(24)21-15-9-5-8-14(20)10-15)17(19)23(22-12)11-13-6-3-2-4-7-13/h2-10H,11H2,1H3,(H,21,24). The zero-order chi connectivity index (χ0) is 17.1. The lowest BCUT2D eigenvalue weighted by atomic mass is 10.2. The second-order valence-corrected chi connectivity index (χ2v) is 5.72. The highest BCUT2D eigenvalue weighted by Gasteiger charge is 2.20. The molecule has 0 aliphatic carbocycles. The summed E-state index contributed by atoms with van der Waals surface area (Å²) in [7, 11) is 0. The van der Waals surface area contributed by atoms with E-state index in [9.17, 15) is 9.18 Å². The fourth-order valence-electron chi connectivity index (χ4n) is 2.43. The molecule has 0 saturated carbocycles. The fraction of sp³-hybridized carbons (Fsp3) is 0.111. The quantitative estimate of drug-likeness (QED) is 0.768. The van der Waals surface area contributed by atoms with Crippen LogP contribution in [0.3, 0.4) is 0 Å². The van der Waals surface area contributed by atoms with E-state index < -0.39 is 11.7 Å². The molecule has 0 bridgehead atoms. The van der Waals surface area contributed by atoms with Crippen LogP contribution < -0.4 is 5.32 Å². The van der Waals surface area contributed by atoms with E-state index in [2.05, 4.69) is 10.4 Å². The second kappa shape index (κ2) is 6.84. The minimum Gasteiger partial charge on any atom is -0.322 e. The van der Waals surface area contributed by atoms with Gasteiger partial charge in [-0.25, -0.2) is 9.07 Å². The van der Waals surface area contributed by atoms with Crippen LogP contribution in [-0.4, -0.2) is 15.7 Å². The highest BCUT2D eigenvalue weighted by molar-refractivity contribution is 6.33. The molecule has 1 amide bonds. The van der Waals surface area contributed by atoms with Crippen LogP contribution in [0, 0.1) is 12.7 Å². The zero-order valence-corrected chi connectivity index (χ0v) is 13.7. The van der Waals surface area contributed by atoms with E-state index in [-0.39, 0.29) is 10.7 Å². The zero-order valence-electron chi connectivity index (χ0n) is 13.0. The molecule has 0 spiro atoms. The molecule has 1 N–H and O–H groups in total. The van der Waals surface area contributed by atoms with E-state index in [4.69, 9.17) is 11.6 Å². The molecule has 0 unspecified atom stereocenters. The maximum Gasteiger partial charge on any atom is 0.260 e. The highest BCUT2D eigenvalue weighted by atomic mass is 35.5. The molecule has 1 aromatic heterocycles. The van der Waals surface area contributed by atoms with Crippen molar-refractivity contribution in [3.63, 3.8) is 0 Å². The van der Waals surface area contributed by atoms with Gasteiger partial charge in [0, 0.05) is 5.69 Å². The number of carbonyl (C=O) groups is 1. The minimum absolute atomic E-state index is 0.255. The molecule has 1 heterocycles. The lowest BCUT2D eigenvalue weighted by Crippen LogP contribution is -2.13. The summed E-state index contributed by atoms with van der Waals surface area (Å²) in [6.07, 6.45) is 0. The number of halogens is 2. The first-order valence-electron chi connectivity index (χ1n) is 7.38. The van der Waals surface area contributed by atoms with Gasteiger partial charge in [0.25, 0.3) is 5.91 Å². The van der Waals surface area contributed by atoms with Crippen molar-refractivity contribution < 1.29 is 9.18 Å². The molecule has 0 atom stereocenters. The van der Waals surface area contributed by atoms with Crippen LogP contribution >= 0.6 is 11.6 Å². The molecule has 0 saturated heterocycles. The van der Waals surface area contributed by atoms with Gasteiger partial charge in [-0.2, -0.15) is 5.10 Å². The van der Waals surface area contributed by atoms with Gasteiger partial charge in [-0.3, -0.25) is 4.79 Å². The Morgan fingerprint density at radius 3 is 2.67 bits per heavy atom. The summed E-state index contributed by atoms with van der Waals surface area (Å²) in [5, 5.41) is 7.23. The Labute approximate surface area is 143 Å². The van der Waals surface area contributed by atoms with Crippen LogP contribution in [-0.2, 0) is 6.54 Å². The summed E-state index contributed by atoms with van der Waals surface area (Å²) >= 11 is 6.34. The SMILES string of the molecule is Cc1nn(Cc2ccccc2)c(Cl)c1C(=O)Nc1cccc(F)c1. The average Bonchev–Trinajstić information content (AvgIpc) is 2.82. The van der Waals surface area contributed by atoms with Gasteiger partial charge >= 0.3 is 0 Å². The van der Waals surface area contributed by atoms with Gasteiger partial charge in [0.05, 0.1) is 17.8 Å². The molecular weight excluding hydrogens is 329 g/mol. The van der Waals surface area contributed by atoms with E-state index in [1.807, 2.05) is 30.3 Å². The Hall–Kier alpha value is -2.66. The van der Waals surface area contributed by atoms with E-state index in [0.717, 1.165) is 5.56 Å². The molecule has 0 fully saturated rings. The third kappa shape index (κ3) is 3.46. The average molecular weight is 344 g/mol. The third-order valence-electron chi connectivity index (χ3n) is 3.55. The van der Waals surface area contributed by atoms with Gasteiger partial charge in [0.15, 0.2) is 0 Å². The monoisotopic (exact) mass is 343 g/mol. The van der Waals surface area contributed by atoms with E-state index in [0.29, 0.717) is 17.9 Å². The van der Waals surface area contributed by atoms with Crippen molar-refractivity contribution in [3.05, 3.63) is 82.4 Å². The van der Waals surface area contributed by atoms with Gasteiger partial charge in [-0.1, -0.05) is 48.0 Å². The first-order chi connectivity index (χ1) is 11.5. The summed E-state index contributed by atoms with van der Waals surface area (Å²) in [6.45, 7) is 2.18. The summed E-state index contributed by atoms with van der Waals surface area (Å²) in [5.74, 6) is -0.835. The number of carbonyl (C=O) groups excluding carboxylic acids is 1. The number of rotatable bonds is 4. The number of benzene rings is 2. The van der Waals surface area contributed by atoms with Crippen LogP contribution in [0.15, 0.2) is 54.6 Å². The Kier molecular flexibility index (Phi) is 4.62. The van der Waals surface area contributed by atoms with Gasteiger partial charge in [0.1, 0.15) is 11.0 Å². The van der Waals surface area contributed by atoms with E-state index in [1.54, 1.807) is 17.7 Å². The maximum atomic E-state index is 13.2. The molecule has 122 valence electrons. The molecule has 24 heavy (non-hydrogen) atoms. The highest BCUT2D eigenvalue weighted by Crippen LogP contribution is 2.22. The summed E-state index contributed by atoms with van der Waals surface area (Å²) in [4.78, 5) is 12.5. The van der Waals surface area contributed by atoms with E-state index in [1.165, 1.54) is 18.2 Å². The number of nitrogens with one attached hydrogen (secondary N) is 1. The molecule has 0 radical (unpaired) electrons. The van der Waals surface area contributed by atoms with Crippen molar-refractivity contribution in [1.82, 2.24) is 9.78 Å². The minimum atomic E-state index is -0.421. The number of hydrogen-bond donors (Lipinski definition) is 1.